The van der Waals surface area contributed by atoms with E-state index < -0.39 is 17.6 Å². The summed E-state index contributed by atoms with van der Waals surface area (Å²) in [5.74, 6) is -1.42. The van der Waals surface area contributed by atoms with Crippen molar-refractivity contribution in [2.75, 3.05) is 20.8 Å². The molecular formula is C34H46ClNO7. The molecule has 0 bridgehead atoms. The number of carbonyl (C=O) groups is 1. The van der Waals surface area contributed by atoms with Gasteiger partial charge in [-0.25, -0.2) is 14.2 Å². The van der Waals surface area contributed by atoms with Crippen molar-refractivity contribution in [2.24, 2.45) is 0 Å². The number of nitrogens with zero attached hydrogens (tertiary/aromatic N) is 1. The normalized spacial score (nSPS) is 11.1. The van der Waals surface area contributed by atoms with Crippen molar-refractivity contribution in [1.29, 1.82) is 0 Å². The van der Waals surface area contributed by atoms with Gasteiger partial charge in [0.25, 0.3) is 0 Å². The van der Waals surface area contributed by atoms with Crippen LogP contribution in [-0.2, 0) is 4.74 Å². The number of ether oxygens (including phenoxy) is 3. The lowest BCUT2D eigenvalue weighted by Gasteiger charge is -2.11. The maximum Gasteiger partial charge on any atom is 0.427 e. The van der Waals surface area contributed by atoms with E-state index in [0.717, 1.165) is 23.8 Å². The minimum Gasteiger partial charge on any atom is -0.496 e. The van der Waals surface area contributed by atoms with Crippen LogP contribution in [0.1, 0.15) is 107 Å². The van der Waals surface area contributed by atoms with Crippen LogP contribution >= 0.6 is 11.6 Å². The molecule has 2 aromatic carbocycles. The Bertz CT molecular complexity index is 1320. The van der Waals surface area contributed by atoms with Crippen LogP contribution in [-0.4, -0.2) is 36.5 Å². The van der Waals surface area contributed by atoms with Crippen LogP contribution in [0.25, 0.3) is 17.0 Å². The first-order valence-corrected chi connectivity index (χ1v) is 15.9. The van der Waals surface area contributed by atoms with Crippen molar-refractivity contribution in [3.8, 4) is 34.4 Å². The van der Waals surface area contributed by atoms with E-state index in [0.29, 0.717) is 18.1 Å². The summed E-state index contributed by atoms with van der Waals surface area (Å²) in [6.45, 7) is 2.56. The molecule has 1 N–H and O–H groups in total. The molecule has 0 aliphatic heterocycles. The molecule has 0 saturated heterocycles. The molecular weight excluding hydrogens is 570 g/mol. The Hall–Kier alpha value is -3.39. The number of aromatic nitrogens is 1. The molecule has 3 rings (SSSR count). The lowest BCUT2D eigenvalue weighted by atomic mass is 10.0. The molecule has 9 heteroatoms. The first kappa shape index (κ1) is 34.1. The van der Waals surface area contributed by atoms with Gasteiger partial charge in [0.15, 0.2) is 0 Å². The van der Waals surface area contributed by atoms with E-state index in [1.165, 1.54) is 103 Å². The van der Waals surface area contributed by atoms with Crippen molar-refractivity contribution < 1.29 is 28.5 Å². The van der Waals surface area contributed by atoms with Gasteiger partial charge in [-0.1, -0.05) is 108 Å². The van der Waals surface area contributed by atoms with Crippen molar-refractivity contribution in [1.82, 2.24) is 4.57 Å². The molecule has 43 heavy (non-hydrogen) atoms. The molecule has 0 aliphatic carbocycles. The molecule has 0 radical (unpaired) electrons. The second-order valence-electron chi connectivity index (χ2n) is 10.8. The summed E-state index contributed by atoms with van der Waals surface area (Å²) in [6, 6.07) is 9.40. The summed E-state index contributed by atoms with van der Waals surface area (Å²) >= 11 is 6.38. The first-order valence-electron chi connectivity index (χ1n) is 15.6. The summed E-state index contributed by atoms with van der Waals surface area (Å²) < 4.78 is 22.5. The highest BCUT2D eigenvalue weighted by molar-refractivity contribution is 6.32. The van der Waals surface area contributed by atoms with Gasteiger partial charge in [0.05, 0.1) is 37.1 Å². The monoisotopic (exact) mass is 615 g/mol. The zero-order valence-electron chi connectivity index (χ0n) is 25.8. The Balaban J connectivity index is 1.49. The molecule has 0 atom stereocenters. The maximum absolute atomic E-state index is 12.9. The summed E-state index contributed by atoms with van der Waals surface area (Å²) in [5, 5.41) is 11.2. The lowest BCUT2D eigenvalue weighted by molar-refractivity contribution is 0.0497. The van der Waals surface area contributed by atoms with E-state index in [2.05, 4.69) is 6.92 Å². The minimum atomic E-state index is -0.893. The van der Waals surface area contributed by atoms with Crippen LogP contribution in [0.3, 0.4) is 0 Å². The van der Waals surface area contributed by atoms with Gasteiger partial charge in [0.2, 0.25) is 11.6 Å². The van der Waals surface area contributed by atoms with Crippen molar-refractivity contribution in [2.45, 2.75) is 96.8 Å². The predicted molar refractivity (Wildman–Crippen MR) is 170 cm³/mol. The van der Waals surface area contributed by atoms with Gasteiger partial charge < -0.3 is 23.7 Å². The van der Waals surface area contributed by atoms with Crippen LogP contribution in [0.4, 0.5) is 0 Å². The van der Waals surface area contributed by atoms with Gasteiger partial charge in [-0.2, -0.15) is 0 Å². The summed E-state index contributed by atoms with van der Waals surface area (Å²) in [4.78, 5) is 25.6. The smallest absolute Gasteiger partial charge is 0.427 e. The topological polar surface area (TPSA) is 100 Å². The van der Waals surface area contributed by atoms with Gasteiger partial charge in [-0.3, -0.25) is 0 Å². The van der Waals surface area contributed by atoms with E-state index in [1.54, 1.807) is 18.2 Å². The number of oxazole rings is 1. The number of esters is 1. The molecule has 0 unspecified atom stereocenters. The Morgan fingerprint density at radius 3 is 1.91 bits per heavy atom. The van der Waals surface area contributed by atoms with Crippen molar-refractivity contribution >= 4 is 17.6 Å². The first-order chi connectivity index (χ1) is 20.9. The largest absolute Gasteiger partial charge is 0.496 e. The second-order valence-corrected chi connectivity index (χ2v) is 11.2. The van der Waals surface area contributed by atoms with Crippen LogP contribution in [0, 0.1) is 0 Å². The quantitative estimate of drug-likeness (QED) is 0.0999. The Morgan fingerprint density at radius 1 is 0.837 bits per heavy atom. The molecule has 3 aromatic rings. The van der Waals surface area contributed by atoms with Crippen LogP contribution in [0.2, 0.25) is 5.02 Å². The summed E-state index contributed by atoms with van der Waals surface area (Å²) in [7, 11) is 2.91. The third-order valence-corrected chi connectivity index (χ3v) is 7.92. The van der Waals surface area contributed by atoms with E-state index in [4.69, 9.17) is 30.2 Å². The summed E-state index contributed by atoms with van der Waals surface area (Å²) in [6.07, 6.45) is 17.5. The molecule has 1 heterocycles. The molecule has 0 aliphatic rings. The number of methoxy groups -OCH3 is 2. The van der Waals surface area contributed by atoms with E-state index in [-0.39, 0.29) is 27.6 Å². The average molecular weight is 616 g/mol. The van der Waals surface area contributed by atoms with Crippen LogP contribution in [0.15, 0.2) is 45.6 Å². The van der Waals surface area contributed by atoms with Gasteiger partial charge in [-0.05, 0) is 36.8 Å². The Labute approximate surface area is 259 Å². The average Bonchev–Trinajstić information content (AvgIpc) is 3.31. The maximum atomic E-state index is 12.9. The fourth-order valence-corrected chi connectivity index (χ4v) is 5.37. The van der Waals surface area contributed by atoms with Gasteiger partial charge in [0, 0.05) is 0 Å². The number of hydrogen-bond donors (Lipinski definition) is 1. The number of rotatable bonds is 20. The standard InChI is InChI=1S/C34H46ClNO7/c1-4-5-6-7-8-9-10-11-12-13-14-15-16-17-23-42-33(38)25-21-22-26(35)27(24-25)36-32(37)31(43-34(36)39)30-28(40-2)19-18-20-29(30)41-3/h18-22,24,37H,4-17,23H2,1-3H3. The second kappa shape index (κ2) is 18.3. The molecule has 0 amide bonds. The van der Waals surface area contributed by atoms with E-state index in [9.17, 15) is 14.7 Å². The molecule has 236 valence electrons. The fourth-order valence-electron chi connectivity index (χ4n) is 5.17. The SMILES string of the molecule is CCCCCCCCCCCCCCCCOC(=O)c1ccc(Cl)c(-n2c(O)c(-c3c(OC)cccc3OC)oc2=O)c1. The molecule has 8 nitrogen and oxygen atoms in total. The highest BCUT2D eigenvalue weighted by Crippen LogP contribution is 2.43. The van der Waals surface area contributed by atoms with E-state index in [1.807, 2.05) is 0 Å². The van der Waals surface area contributed by atoms with Gasteiger partial charge in [-0.15, -0.1) is 0 Å². The van der Waals surface area contributed by atoms with Crippen molar-refractivity contribution in [3.05, 3.63) is 57.5 Å². The highest BCUT2D eigenvalue weighted by Gasteiger charge is 2.26. The number of halogens is 1. The third-order valence-electron chi connectivity index (χ3n) is 7.60. The number of benzene rings is 2. The number of unbranched alkanes of at least 4 members (excludes halogenated alkanes) is 13. The molecule has 0 fully saturated rings. The van der Waals surface area contributed by atoms with Crippen LogP contribution < -0.4 is 15.2 Å². The molecule has 0 saturated carbocycles. The Kier molecular flexibility index (Phi) is 14.5. The highest BCUT2D eigenvalue weighted by atomic mass is 35.5. The zero-order chi connectivity index (χ0) is 31.0. The molecule has 1 aromatic heterocycles. The lowest BCUT2D eigenvalue weighted by Crippen LogP contribution is -2.13. The number of aromatic hydroxyl groups is 1. The number of hydrogen-bond acceptors (Lipinski definition) is 7. The summed E-state index contributed by atoms with van der Waals surface area (Å²) in [5.41, 5.74) is 0.549. The number of carbonyl (C=O) groups excluding carboxylic acids is 1. The van der Waals surface area contributed by atoms with Crippen molar-refractivity contribution in [3.63, 3.8) is 0 Å². The third kappa shape index (κ3) is 9.82. The van der Waals surface area contributed by atoms with Gasteiger partial charge in [0.1, 0.15) is 17.1 Å². The van der Waals surface area contributed by atoms with E-state index >= 15 is 0 Å². The van der Waals surface area contributed by atoms with Gasteiger partial charge >= 0.3 is 11.7 Å². The van der Waals surface area contributed by atoms with Crippen LogP contribution in [0.5, 0.6) is 17.4 Å². The predicted octanol–water partition coefficient (Wildman–Crippen LogP) is 9.11. The zero-order valence-corrected chi connectivity index (χ0v) is 26.5. The fraction of sp³-hybridized carbons (Fsp3) is 0.529. The Morgan fingerprint density at radius 2 is 1.37 bits per heavy atom. The molecule has 0 spiro atoms. The minimum absolute atomic E-state index is 0.0824.